The fourth-order valence-electron chi connectivity index (χ4n) is 1.51. The number of hydrogen-bond acceptors (Lipinski definition) is 4. The zero-order valence-electron chi connectivity index (χ0n) is 12.5. The maximum atomic E-state index is 12.1. The van der Waals surface area contributed by atoms with Crippen LogP contribution in [0.4, 0.5) is 0 Å². The molecule has 6 nitrogen and oxygen atoms in total. The summed E-state index contributed by atoms with van der Waals surface area (Å²) in [5.74, 6) is -0.0617. The van der Waals surface area contributed by atoms with Crippen molar-refractivity contribution in [3.8, 4) is 0 Å². The monoisotopic (exact) mass is 267 g/mol. The van der Waals surface area contributed by atoms with Crippen LogP contribution in [-0.2, 0) is 4.79 Å². The third-order valence-electron chi connectivity index (χ3n) is 3.47. The molecule has 0 saturated carbocycles. The second-order valence-corrected chi connectivity index (χ2v) is 5.54. The Kier molecular flexibility index (Phi) is 5.05. The fraction of sp³-hybridized carbons (Fsp3) is 0.769. The highest BCUT2D eigenvalue weighted by molar-refractivity contribution is 5.80. The molecule has 6 heteroatoms. The first-order valence-electron chi connectivity index (χ1n) is 6.80. The number of hydrogen-bond donors (Lipinski definition) is 2. The van der Waals surface area contributed by atoms with Crippen LogP contribution in [-0.4, -0.2) is 26.4 Å². The van der Waals surface area contributed by atoms with Gasteiger partial charge >= 0.3 is 0 Å². The van der Waals surface area contributed by atoms with Crippen LogP contribution >= 0.6 is 0 Å². The number of carbonyl (C=O) groups is 1. The maximum absolute atomic E-state index is 12.1. The highest BCUT2D eigenvalue weighted by Crippen LogP contribution is 2.14. The standard InChI is InChI=1S/C13H25N5O/c1-6-10(14)11-8-18(17-16-11)9(3)12(19)15-13(4,5)7-2/h8-10H,6-7,14H2,1-5H3,(H,15,19). The van der Waals surface area contributed by atoms with Gasteiger partial charge in [0, 0.05) is 5.54 Å². The van der Waals surface area contributed by atoms with Crippen molar-refractivity contribution < 1.29 is 4.79 Å². The van der Waals surface area contributed by atoms with Gasteiger partial charge in [0.05, 0.1) is 17.9 Å². The highest BCUT2D eigenvalue weighted by Gasteiger charge is 2.24. The summed E-state index contributed by atoms with van der Waals surface area (Å²) in [5, 5.41) is 11.0. The van der Waals surface area contributed by atoms with Gasteiger partial charge < -0.3 is 11.1 Å². The lowest BCUT2D eigenvalue weighted by Crippen LogP contribution is -2.45. The van der Waals surface area contributed by atoms with Crippen molar-refractivity contribution in [3.05, 3.63) is 11.9 Å². The predicted octanol–water partition coefficient (Wildman–Crippen LogP) is 1.55. The molecule has 2 unspecified atom stereocenters. The Hall–Kier alpha value is -1.43. The number of nitrogens with one attached hydrogen (secondary N) is 1. The molecule has 1 heterocycles. The molecule has 2 atom stereocenters. The quantitative estimate of drug-likeness (QED) is 0.819. The maximum Gasteiger partial charge on any atom is 0.245 e. The van der Waals surface area contributed by atoms with Crippen LogP contribution in [0.1, 0.15) is 65.2 Å². The van der Waals surface area contributed by atoms with Crippen LogP contribution in [0.2, 0.25) is 0 Å². The zero-order valence-corrected chi connectivity index (χ0v) is 12.5. The number of amides is 1. The summed E-state index contributed by atoms with van der Waals surface area (Å²) in [4.78, 5) is 12.1. The van der Waals surface area contributed by atoms with E-state index in [1.807, 2.05) is 27.7 Å². The van der Waals surface area contributed by atoms with E-state index < -0.39 is 6.04 Å². The summed E-state index contributed by atoms with van der Waals surface area (Å²) in [6.45, 7) is 9.83. The smallest absolute Gasteiger partial charge is 0.245 e. The van der Waals surface area contributed by atoms with Crippen LogP contribution in [0, 0.1) is 0 Å². The van der Waals surface area contributed by atoms with Crippen LogP contribution < -0.4 is 11.1 Å². The van der Waals surface area contributed by atoms with Crippen LogP contribution in [0.3, 0.4) is 0 Å². The molecule has 108 valence electrons. The normalized spacial score (nSPS) is 15.1. The van der Waals surface area contributed by atoms with Gasteiger partial charge in [-0.15, -0.1) is 5.10 Å². The van der Waals surface area contributed by atoms with Crippen LogP contribution in [0.15, 0.2) is 6.20 Å². The second-order valence-electron chi connectivity index (χ2n) is 5.54. The van der Waals surface area contributed by atoms with Crippen molar-refractivity contribution in [2.45, 2.75) is 65.1 Å². The van der Waals surface area contributed by atoms with E-state index in [1.165, 1.54) is 0 Å². The van der Waals surface area contributed by atoms with E-state index >= 15 is 0 Å². The highest BCUT2D eigenvalue weighted by atomic mass is 16.2. The molecule has 0 saturated heterocycles. The van der Waals surface area contributed by atoms with Gasteiger partial charge in [0.15, 0.2) is 0 Å². The van der Waals surface area contributed by atoms with Crippen molar-refractivity contribution in [1.82, 2.24) is 20.3 Å². The number of nitrogens with zero attached hydrogens (tertiary/aromatic N) is 3. The minimum atomic E-state index is -0.392. The number of carbonyl (C=O) groups excluding carboxylic acids is 1. The van der Waals surface area contributed by atoms with Crippen molar-refractivity contribution in [1.29, 1.82) is 0 Å². The molecule has 1 amide bonds. The van der Waals surface area contributed by atoms with Gasteiger partial charge in [-0.2, -0.15) is 0 Å². The first-order chi connectivity index (χ1) is 8.80. The molecule has 0 bridgehead atoms. The lowest BCUT2D eigenvalue weighted by atomic mass is 10.0. The molecule has 3 N–H and O–H groups in total. The topological polar surface area (TPSA) is 85.8 Å². The Morgan fingerprint density at radius 1 is 1.53 bits per heavy atom. The van der Waals surface area contributed by atoms with E-state index in [0.29, 0.717) is 0 Å². The zero-order chi connectivity index (χ0) is 14.6. The molecule has 0 aromatic carbocycles. The van der Waals surface area contributed by atoms with Crippen molar-refractivity contribution in [3.63, 3.8) is 0 Å². The van der Waals surface area contributed by atoms with E-state index in [4.69, 9.17) is 5.73 Å². The van der Waals surface area contributed by atoms with Crippen LogP contribution in [0.25, 0.3) is 0 Å². The molecule has 0 aliphatic heterocycles. The van der Waals surface area contributed by atoms with Gasteiger partial charge in [0.25, 0.3) is 0 Å². The summed E-state index contributed by atoms with van der Waals surface area (Å²) >= 11 is 0. The number of rotatable bonds is 6. The first kappa shape index (κ1) is 15.6. The minimum absolute atomic E-state index is 0.0617. The average Bonchev–Trinajstić information content (AvgIpc) is 2.85. The molecule has 1 aromatic heterocycles. The van der Waals surface area contributed by atoms with Crippen molar-refractivity contribution in [2.24, 2.45) is 5.73 Å². The summed E-state index contributed by atoms with van der Waals surface area (Å²) in [7, 11) is 0. The summed E-state index contributed by atoms with van der Waals surface area (Å²) in [6.07, 6.45) is 3.41. The number of aromatic nitrogens is 3. The van der Waals surface area contributed by atoms with E-state index in [0.717, 1.165) is 18.5 Å². The van der Waals surface area contributed by atoms with Gasteiger partial charge in [-0.05, 0) is 33.6 Å². The third-order valence-corrected chi connectivity index (χ3v) is 3.47. The summed E-state index contributed by atoms with van der Waals surface area (Å²) in [5.41, 5.74) is 6.40. The molecule has 0 aliphatic rings. The molecular weight excluding hydrogens is 242 g/mol. The molecule has 0 spiro atoms. The van der Waals surface area contributed by atoms with Crippen molar-refractivity contribution >= 4 is 5.91 Å². The lowest BCUT2D eigenvalue weighted by Gasteiger charge is -2.26. The summed E-state index contributed by atoms with van der Waals surface area (Å²) < 4.78 is 1.56. The Morgan fingerprint density at radius 3 is 2.68 bits per heavy atom. The van der Waals surface area contributed by atoms with Crippen molar-refractivity contribution in [2.75, 3.05) is 0 Å². The first-order valence-corrected chi connectivity index (χ1v) is 6.80. The Balaban J connectivity index is 2.75. The number of nitrogens with two attached hydrogens (primary N) is 1. The fourth-order valence-corrected chi connectivity index (χ4v) is 1.51. The van der Waals surface area contributed by atoms with E-state index in [2.05, 4.69) is 15.6 Å². The summed E-state index contributed by atoms with van der Waals surface area (Å²) in [6, 6.07) is -0.521. The van der Waals surface area contributed by atoms with Gasteiger partial charge in [0.2, 0.25) is 5.91 Å². The molecule has 0 aliphatic carbocycles. The van der Waals surface area contributed by atoms with Gasteiger partial charge in [0.1, 0.15) is 6.04 Å². The van der Waals surface area contributed by atoms with E-state index in [1.54, 1.807) is 17.8 Å². The molecule has 1 rings (SSSR count). The van der Waals surface area contributed by atoms with Gasteiger partial charge in [-0.25, -0.2) is 4.68 Å². The molecule has 19 heavy (non-hydrogen) atoms. The second kappa shape index (κ2) is 6.14. The molecular formula is C13H25N5O. The largest absolute Gasteiger partial charge is 0.349 e. The van der Waals surface area contributed by atoms with E-state index in [-0.39, 0.29) is 17.5 Å². The van der Waals surface area contributed by atoms with Gasteiger partial charge in [-0.3, -0.25) is 4.79 Å². The molecule has 0 fully saturated rings. The third kappa shape index (κ3) is 4.02. The molecule has 0 radical (unpaired) electrons. The Bertz CT molecular complexity index is 426. The minimum Gasteiger partial charge on any atom is -0.349 e. The predicted molar refractivity (Wildman–Crippen MR) is 74.5 cm³/mol. The van der Waals surface area contributed by atoms with Gasteiger partial charge in [-0.1, -0.05) is 19.1 Å². The average molecular weight is 267 g/mol. The molecule has 1 aromatic rings. The van der Waals surface area contributed by atoms with Crippen LogP contribution in [0.5, 0.6) is 0 Å². The lowest BCUT2D eigenvalue weighted by molar-refractivity contribution is -0.125. The Morgan fingerprint density at radius 2 is 2.16 bits per heavy atom. The SMILES string of the molecule is CCC(N)c1cn(C(C)C(=O)NC(C)(C)CC)nn1. The Labute approximate surface area is 114 Å². The van der Waals surface area contributed by atoms with E-state index in [9.17, 15) is 4.79 Å².